The van der Waals surface area contributed by atoms with Gasteiger partial charge in [0.15, 0.2) is 0 Å². The predicted octanol–water partition coefficient (Wildman–Crippen LogP) is 3.80. The van der Waals surface area contributed by atoms with E-state index in [1.165, 1.54) is 0 Å². The summed E-state index contributed by atoms with van der Waals surface area (Å²) < 4.78 is 2.07. The van der Waals surface area contributed by atoms with E-state index < -0.39 is 0 Å². The first-order valence-corrected chi connectivity index (χ1v) is 6.58. The average molecular weight is 282 g/mol. The fraction of sp³-hybridized carbons (Fsp3) is 0.0625. The molecule has 3 rings (SSSR count). The summed E-state index contributed by atoms with van der Waals surface area (Å²) in [7, 11) is 0. The lowest BCUT2D eigenvalue weighted by Gasteiger charge is -2.08. The summed E-state index contributed by atoms with van der Waals surface area (Å²) in [5.74, 6) is 0. The first kappa shape index (κ1) is 12.6. The van der Waals surface area contributed by atoms with E-state index in [1.807, 2.05) is 36.5 Å². The minimum Gasteiger partial charge on any atom is -0.399 e. The summed E-state index contributed by atoms with van der Waals surface area (Å²) >= 11 is 6.20. The molecule has 1 aromatic heterocycles. The molecule has 3 aromatic rings. The number of hydrogen-bond acceptors (Lipinski definition) is 2. The summed E-state index contributed by atoms with van der Waals surface area (Å²) in [6.45, 7) is 0.627. The zero-order valence-electron chi connectivity index (χ0n) is 10.7. The third-order valence-electron chi connectivity index (χ3n) is 3.31. The molecule has 0 fully saturated rings. The summed E-state index contributed by atoms with van der Waals surface area (Å²) in [5.41, 5.74) is 9.13. The van der Waals surface area contributed by atoms with Crippen LogP contribution in [0.15, 0.2) is 48.7 Å². The second-order valence-electron chi connectivity index (χ2n) is 4.68. The van der Waals surface area contributed by atoms with E-state index in [9.17, 15) is 0 Å². The minimum absolute atomic E-state index is 0.627. The van der Waals surface area contributed by atoms with Gasteiger partial charge in [-0.05, 0) is 47.3 Å². The van der Waals surface area contributed by atoms with Crippen LogP contribution in [-0.4, -0.2) is 4.57 Å². The Labute approximate surface area is 121 Å². The SMILES string of the molecule is N#Cc1ccc2ccn(Cc3cc(N)ccc3Cl)c2c1. The van der Waals surface area contributed by atoms with E-state index in [0.717, 1.165) is 16.5 Å². The molecule has 0 aliphatic rings. The number of nitrogens with two attached hydrogens (primary N) is 1. The highest BCUT2D eigenvalue weighted by Crippen LogP contribution is 2.23. The number of benzene rings is 2. The Bertz CT molecular complexity index is 827. The van der Waals surface area contributed by atoms with Gasteiger partial charge in [0.1, 0.15) is 0 Å². The zero-order valence-corrected chi connectivity index (χ0v) is 11.4. The molecule has 0 atom stereocenters. The van der Waals surface area contributed by atoms with Gasteiger partial charge in [-0.25, -0.2) is 0 Å². The Balaban J connectivity index is 2.07. The van der Waals surface area contributed by atoms with Crippen molar-refractivity contribution in [3.8, 4) is 6.07 Å². The van der Waals surface area contributed by atoms with Crippen LogP contribution in [0, 0.1) is 11.3 Å². The van der Waals surface area contributed by atoms with Gasteiger partial charge in [0.25, 0.3) is 0 Å². The first-order chi connectivity index (χ1) is 9.67. The molecule has 98 valence electrons. The molecular weight excluding hydrogens is 270 g/mol. The van der Waals surface area contributed by atoms with E-state index in [1.54, 1.807) is 12.1 Å². The zero-order chi connectivity index (χ0) is 14.1. The molecule has 3 nitrogen and oxygen atoms in total. The van der Waals surface area contributed by atoms with Crippen molar-refractivity contribution in [1.82, 2.24) is 4.57 Å². The molecule has 1 heterocycles. The third-order valence-corrected chi connectivity index (χ3v) is 3.68. The van der Waals surface area contributed by atoms with Gasteiger partial charge in [0.05, 0.1) is 11.6 Å². The average Bonchev–Trinajstić information content (AvgIpc) is 2.85. The number of anilines is 1. The Kier molecular flexibility index (Phi) is 3.09. The molecule has 0 amide bonds. The quantitative estimate of drug-likeness (QED) is 0.727. The number of fused-ring (bicyclic) bond motifs is 1. The molecule has 0 aliphatic carbocycles. The van der Waals surface area contributed by atoms with Crippen molar-refractivity contribution in [2.45, 2.75) is 6.54 Å². The maximum absolute atomic E-state index is 9.00. The van der Waals surface area contributed by atoms with Gasteiger partial charge < -0.3 is 10.3 Å². The van der Waals surface area contributed by atoms with Crippen LogP contribution in [0.1, 0.15) is 11.1 Å². The van der Waals surface area contributed by atoms with Crippen molar-refractivity contribution >= 4 is 28.2 Å². The molecule has 20 heavy (non-hydrogen) atoms. The Hall–Kier alpha value is -2.44. The van der Waals surface area contributed by atoms with Crippen LogP contribution in [0.4, 0.5) is 5.69 Å². The number of hydrogen-bond donors (Lipinski definition) is 1. The number of aromatic nitrogens is 1. The standard InChI is InChI=1S/C16H12ClN3/c17-15-4-3-14(19)8-13(15)10-20-6-5-12-2-1-11(9-18)7-16(12)20/h1-8H,10,19H2. The summed E-state index contributed by atoms with van der Waals surface area (Å²) in [6.07, 6.45) is 1.99. The molecule has 0 radical (unpaired) electrons. The number of nitrogen functional groups attached to an aromatic ring is 1. The number of halogens is 1. The van der Waals surface area contributed by atoms with Crippen LogP contribution < -0.4 is 5.73 Å². The third kappa shape index (κ3) is 2.22. The van der Waals surface area contributed by atoms with Crippen molar-refractivity contribution in [2.24, 2.45) is 0 Å². The molecule has 0 saturated carbocycles. The predicted molar refractivity (Wildman–Crippen MR) is 81.6 cm³/mol. The van der Waals surface area contributed by atoms with E-state index in [2.05, 4.69) is 10.6 Å². The second kappa shape index (κ2) is 4.92. The lowest BCUT2D eigenvalue weighted by Crippen LogP contribution is -2.00. The Morgan fingerprint density at radius 3 is 2.80 bits per heavy atom. The van der Waals surface area contributed by atoms with Crippen LogP contribution in [0.25, 0.3) is 10.9 Å². The van der Waals surface area contributed by atoms with Crippen molar-refractivity contribution in [2.75, 3.05) is 5.73 Å². The molecule has 0 spiro atoms. The molecule has 0 aliphatic heterocycles. The number of nitriles is 1. The molecule has 0 unspecified atom stereocenters. The van der Waals surface area contributed by atoms with Crippen LogP contribution in [0.2, 0.25) is 5.02 Å². The summed E-state index contributed by atoms with van der Waals surface area (Å²) in [6, 6.07) is 15.3. The topological polar surface area (TPSA) is 54.7 Å². The molecular formula is C16H12ClN3. The van der Waals surface area contributed by atoms with E-state index >= 15 is 0 Å². The van der Waals surface area contributed by atoms with Crippen LogP contribution in [0.5, 0.6) is 0 Å². The van der Waals surface area contributed by atoms with Crippen molar-refractivity contribution in [3.63, 3.8) is 0 Å². The summed E-state index contributed by atoms with van der Waals surface area (Å²) in [5, 5.41) is 10.8. The van der Waals surface area contributed by atoms with Crippen LogP contribution in [0.3, 0.4) is 0 Å². The molecule has 0 bridgehead atoms. The van der Waals surface area contributed by atoms with Gasteiger partial charge in [0.2, 0.25) is 0 Å². The van der Waals surface area contributed by atoms with Gasteiger partial charge in [-0.3, -0.25) is 0 Å². The Morgan fingerprint density at radius 2 is 2.00 bits per heavy atom. The molecule has 0 saturated heterocycles. The molecule has 2 N–H and O–H groups in total. The van der Waals surface area contributed by atoms with Gasteiger partial charge >= 0.3 is 0 Å². The maximum atomic E-state index is 9.00. The lowest BCUT2D eigenvalue weighted by atomic mass is 10.1. The fourth-order valence-corrected chi connectivity index (χ4v) is 2.47. The second-order valence-corrected chi connectivity index (χ2v) is 5.09. The van der Waals surface area contributed by atoms with E-state index in [-0.39, 0.29) is 0 Å². The smallest absolute Gasteiger partial charge is 0.0992 e. The highest BCUT2D eigenvalue weighted by molar-refractivity contribution is 6.31. The molecule has 2 aromatic carbocycles. The maximum Gasteiger partial charge on any atom is 0.0992 e. The highest BCUT2D eigenvalue weighted by atomic mass is 35.5. The number of rotatable bonds is 2. The van der Waals surface area contributed by atoms with Crippen molar-refractivity contribution in [1.29, 1.82) is 5.26 Å². The van der Waals surface area contributed by atoms with E-state index in [0.29, 0.717) is 22.8 Å². The van der Waals surface area contributed by atoms with Gasteiger partial charge in [-0.2, -0.15) is 5.26 Å². The fourth-order valence-electron chi connectivity index (χ4n) is 2.29. The lowest BCUT2D eigenvalue weighted by molar-refractivity contribution is 0.837. The van der Waals surface area contributed by atoms with Crippen molar-refractivity contribution in [3.05, 3.63) is 64.8 Å². The van der Waals surface area contributed by atoms with Gasteiger partial charge in [-0.15, -0.1) is 0 Å². The minimum atomic E-state index is 0.627. The van der Waals surface area contributed by atoms with Crippen LogP contribution in [-0.2, 0) is 6.54 Å². The van der Waals surface area contributed by atoms with E-state index in [4.69, 9.17) is 22.6 Å². The first-order valence-electron chi connectivity index (χ1n) is 6.20. The highest BCUT2D eigenvalue weighted by Gasteiger charge is 2.06. The monoisotopic (exact) mass is 281 g/mol. The van der Waals surface area contributed by atoms with Gasteiger partial charge in [0, 0.05) is 29.0 Å². The van der Waals surface area contributed by atoms with Gasteiger partial charge in [-0.1, -0.05) is 17.7 Å². The largest absolute Gasteiger partial charge is 0.399 e. The van der Waals surface area contributed by atoms with Crippen molar-refractivity contribution < 1.29 is 0 Å². The molecule has 4 heteroatoms. The van der Waals surface area contributed by atoms with Crippen LogP contribution >= 0.6 is 11.6 Å². The Morgan fingerprint density at radius 1 is 1.15 bits per heavy atom. The number of nitrogens with zero attached hydrogens (tertiary/aromatic N) is 2. The normalized spacial score (nSPS) is 10.6. The summed E-state index contributed by atoms with van der Waals surface area (Å²) in [4.78, 5) is 0.